The molecule has 1 aromatic carbocycles. The Morgan fingerprint density at radius 1 is 1.31 bits per heavy atom. The summed E-state index contributed by atoms with van der Waals surface area (Å²) in [7, 11) is -3.42. The number of hydrogen-bond donors (Lipinski definition) is 2. The molecule has 32 heavy (non-hydrogen) atoms. The number of fused-ring (bicyclic) bond motifs is 1. The zero-order valence-corrected chi connectivity index (χ0v) is 18.8. The zero-order valence-electron chi connectivity index (χ0n) is 17.9. The highest BCUT2D eigenvalue weighted by Gasteiger charge is 2.29. The van der Waals surface area contributed by atoms with E-state index in [-0.39, 0.29) is 29.5 Å². The van der Waals surface area contributed by atoms with Crippen LogP contribution >= 0.6 is 0 Å². The molecule has 3 heterocycles. The number of aliphatic hydroxyl groups excluding tert-OH is 1. The van der Waals surface area contributed by atoms with E-state index in [1.165, 1.54) is 15.0 Å². The normalized spacial score (nSPS) is 17.1. The molecule has 1 saturated heterocycles. The van der Waals surface area contributed by atoms with Crippen LogP contribution in [0.3, 0.4) is 0 Å². The van der Waals surface area contributed by atoms with Crippen LogP contribution in [0, 0.1) is 18.2 Å². The summed E-state index contributed by atoms with van der Waals surface area (Å²) < 4.78 is 41.0. The fraction of sp³-hybridized carbons (Fsp3) is 0.364. The van der Waals surface area contributed by atoms with Crippen molar-refractivity contribution in [1.29, 1.82) is 0 Å². The van der Waals surface area contributed by atoms with Gasteiger partial charge in [0, 0.05) is 13.1 Å². The van der Waals surface area contributed by atoms with Gasteiger partial charge in [-0.1, -0.05) is 38.0 Å². The number of nitrogen functional groups attached to an aromatic ring is 1. The number of aromatic nitrogens is 3. The van der Waals surface area contributed by atoms with Crippen molar-refractivity contribution in [3.8, 4) is 12.3 Å². The predicted octanol–water partition coefficient (Wildman–Crippen LogP) is 2.39. The van der Waals surface area contributed by atoms with Crippen molar-refractivity contribution in [2.24, 2.45) is 0 Å². The molecule has 1 aliphatic rings. The van der Waals surface area contributed by atoms with Gasteiger partial charge in [0.25, 0.3) is 0 Å². The first-order valence-electron chi connectivity index (χ1n) is 10.2. The van der Waals surface area contributed by atoms with E-state index in [9.17, 15) is 17.9 Å². The highest BCUT2D eigenvalue weighted by Crippen LogP contribution is 2.26. The van der Waals surface area contributed by atoms with Crippen LogP contribution in [0.15, 0.2) is 41.4 Å². The average molecular weight is 460 g/mol. The molecule has 8 nitrogen and oxygen atoms in total. The molecule has 10 heteroatoms. The number of hydrogen-bond acceptors (Lipinski definition) is 6. The van der Waals surface area contributed by atoms with E-state index in [2.05, 4.69) is 16.0 Å². The molecule has 1 aliphatic heterocycles. The second-order valence-corrected chi connectivity index (χ2v) is 9.70. The van der Waals surface area contributed by atoms with Crippen molar-refractivity contribution in [1.82, 2.24) is 18.9 Å². The van der Waals surface area contributed by atoms with Crippen LogP contribution in [0.1, 0.15) is 43.9 Å². The Hall–Kier alpha value is -3.00. The molecule has 0 amide bonds. The minimum absolute atomic E-state index is 0.0531. The van der Waals surface area contributed by atoms with E-state index in [0.29, 0.717) is 30.0 Å². The number of nitrogens with two attached hydrogens (primary N) is 1. The van der Waals surface area contributed by atoms with Gasteiger partial charge >= 0.3 is 0 Å². The summed E-state index contributed by atoms with van der Waals surface area (Å²) >= 11 is 0. The fourth-order valence-corrected chi connectivity index (χ4v) is 5.13. The summed E-state index contributed by atoms with van der Waals surface area (Å²) in [5, 5.41) is 13.5. The van der Waals surface area contributed by atoms with E-state index >= 15 is 0 Å². The Morgan fingerprint density at radius 3 is 2.59 bits per heavy atom. The third-order valence-electron chi connectivity index (χ3n) is 5.11. The molecule has 0 aliphatic carbocycles. The molecule has 1 fully saturated rings. The second-order valence-electron chi connectivity index (χ2n) is 7.76. The summed E-state index contributed by atoms with van der Waals surface area (Å²) in [6.07, 6.45) is 7.51. The highest BCUT2D eigenvalue weighted by molar-refractivity contribution is 7.89. The Morgan fingerprint density at radius 2 is 2.00 bits per heavy atom. The van der Waals surface area contributed by atoms with Gasteiger partial charge in [0.05, 0.1) is 28.5 Å². The molecule has 3 N–H and O–H groups in total. The molecular weight excluding hydrogens is 433 g/mol. The number of piperidine rings is 1. The van der Waals surface area contributed by atoms with Gasteiger partial charge in [0.1, 0.15) is 5.52 Å². The first kappa shape index (κ1) is 23.7. The van der Waals surface area contributed by atoms with E-state index in [1.54, 1.807) is 30.3 Å². The van der Waals surface area contributed by atoms with Gasteiger partial charge in [-0.2, -0.15) is 4.31 Å². The van der Waals surface area contributed by atoms with Crippen LogP contribution in [-0.2, 0) is 10.0 Å². The standard InChI is InChI=1S/C11H11FN4.C11H15NO3S/c1-4-7-9(12)8-5-14-11(13)15-16(8)10(7)6(2)3;13-10-5-4-8-12(9-10)16(14,15)11-6-2-1-3-7-11/h1,5-6H,2-3H3,(H2,13,15);1-3,6-7,10,13H,4-5,8-9H2. The van der Waals surface area contributed by atoms with Crippen LogP contribution in [0.2, 0.25) is 0 Å². The van der Waals surface area contributed by atoms with Gasteiger partial charge in [0.2, 0.25) is 16.0 Å². The smallest absolute Gasteiger partial charge is 0.243 e. The summed E-state index contributed by atoms with van der Waals surface area (Å²) in [6, 6.07) is 8.34. The molecule has 0 saturated carbocycles. The van der Waals surface area contributed by atoms with Crippen molar-refractivity contribution in [3.05, 3.63) is 53.6 Å². The van der Waals surface area contributed by atoms with Gasteiger partial charge < -0.3 is 10.8 Å². The number of aliphatic hydroxyl groups is 1. The van der Waals surface area contributed by atoms with Gasteiger partial charge in [-0.3, -0.25) is 0 Å². The molecule has 1 atom stereocenters. The molecule has 0 bridgehead atoms. The SMILES string of the molecule is C#Cc1c(F)c2cnc(N)nn2c1C(C)C.O=S(=O)(c1ccccc1)N1CCCC(O)C1. The van der Waals surface area contributed by atoms with Gasteiger partial charge in [-0.15, -0.1) is 11.5 Å². The van der Waals surface area contributed by atoms with E-state index in [1.807, 2.05) is 13.8 Å². The lowest BCUT2D eigenvalue weighted by molar-refractivity contribution is 0.108. The average Bonchev–Trinajstić information content (AvgIpc) is 3.05. The first-order valence-corrected chi connectivity index (χ1v) is 11.6. The molecule has 4 rings (SSSR count). The van der Waals surface area contributed by atoms with Crippen molar-refractivity contribution >= 4 is 21.5 Å². The van der Waals surface area contributed by atoms with Gasteiger partial charge in [0.15, 0.2) is 5.82 Å². The van der Waals surface area contributed by atoms with Crippen LogP contribution in [-0.4, -0.2) is 51.6 Å². The van der Waals surface area contributed by atoms with E-state index in [4.69, 9.17) is 12.2 Å². The summed E-state index contributed by atoms with van der Waals surface area (Å²) in [4.78, 5) is 4.05. The molecule has 3 aromatic rings. The van der Waals surface area contributed by atoms with Crippen molar-refractivity contribution in [2.75, 3.05) is 18.8 Å². The minimum atomic E-state index is -3.42. The maximum absolute atomic E-state index is 13.9. The summed E-state index contributed by atoms with van der Waals surface area (Å²) in [5.41, 5.74) is 6.61. The lowest BCUT2D eigenvalue weighted by Crippen LogP contribution is -2.42. The monoisotopic (exact) mass is 459 g/mol. The lowest BCUT2D eigenvalue weighted by Gasteiger charge is -2.29. The number of nitrogens with zero attached hydrogens (tertiary/aromatic N) is 4. The maximum Gasteiger partial charge on any atom is 0.243 e. The van der Waals surface area contributed by atoms with Crippen LogP contribution in [0.4, 0.5) is 10.3 Å². The summed E-state index contributed by atoms with van der Waals surface area (Å²) in [6.45, 7) is 4.53. The van der Waals surface area contributed by atoms with Gasteiger partial charge in [-0.05, 0) is 30.9 Å². The largest absolute Gasteiger partial charge is 0.392 e. The second kappa shape index (κ2) is 9.65. The molecule has 0 spiro atoms. The van der Waals surface area contributed by atoms with Gasteiger partial charge in [-0.25, -0.2) is 22.3 Å². The Kier molecular flexibility index (Phi) is 7.13. The predicted molar refractivity (Wildman–Crippen MR) is 120 cm³/mol. The zero-order chi connectivity index (χ0) is 23.5. The molecule has 170 valence electrons. The number of sulfonamides is 1. The Labute approximate surface area is 186 Å². The van der Waals surface area contributed by atoms with E-state index in [0.717, 1.165) is 0 Å². The number of anilines is 1. The lowest BCUT2D eigenvalue weighted by atomic mass is 10.1. The third kappa shape index (κ3) is 4.75. The minimum Gasteiger partial charge on any atom is -0.392 e. The first-order chi connectivity index (χ1) is 15.2. The maximum atomic E-state index is 13.9. The number of halogens is 1. The number of terminal acetylenes is 1. The van der Waals surface area contributed by atoms with Crippen LogP contribution < -0.4 is 5.73 Å². The highest BCUT2D eigenvalue weighted by atomic mass is 32.2. The number of β-amino-alcohol motifs (C(OH)–C–C–N with tert-alkyl or cyclic N) is 1. The number of benzene rings is 1. The third-order valence-corrected chi connectivity index (χ3v) is 6.99. The quantitative estimate of drug-likeness (QED) is 0.582. The molecule has 0 radical (unpaired) electrons. The van der Waals surface area contributed by atoms with E-state index < -0.39 is 21.9 Å². The Balaban J connectivity index is 0.000000181. The van der Waals surface area contributed by atoms with Crippen molar-refractivity contribution in [3.63, 3.8) is 0 Å². The summed E-state index contributed by atoms with van der Waals surface area (Å²) in [5.74, 6) is 2.03. The number of rotatable bonds is 3. The van der Waals surface area contributed by atoms with Crippen molar-refractivity contribution < 1.29 is 17.9 Å². The molecule has 1 unspecified atom stereocenters. The Bertz CT molecular complexity index is 1240. The molecular formula is C22H26FN5O3S. The van der Waals surface area contributed by atoms with Crippen LogP contribution in [0.25, 0.3) is 5.52 Å². The van der Waals surface area contributed by atoms with Crippen molar-refractivity contribution in [2.45, 2.75) is 43.6 Å². The topological polar surface area (TPSA) is 114 Å². The van der Waals surface area contributed by atoms with Crippen LogP contribution in [0.5, 0.6) is 0 Å². The molecule has 2 aromatic heterocycles. The fourth-order valence-electron chi connectivity index (χ4n) is 3.60.